The van der Waals surface area contributed by atoms with E-state index < -0.39 is 10.0 Å². The number of nitrogens with zero attached hydrogens (tertiary/aromatic N) is 1. The van der Waals surface area contributed by atoms with Crippen LogP contribution in [0.25, 0.3) is 0 Å². The maximum atomic E-state index is 12.1. The average Bonchev–Trinajstić information content (AvgIpc) is 2.35. The summed E-state index contributed by atoms with van der Waals surface area (Å²) < 4.78 is 27.3. The van der Waals surface area contributed by atoms with Crippen molar-refractivity contribution in [2.24, 2.45) is 0 Å². The van der Waals surface area contributed by atoms with Crippen molar-refractivity contribution >= 4 is 37.5 Å². The van der Waals surface area contributed by atoms with Gasteiger partial charge in [-0.05, 0) is 52.7 Å². The number of pyridine rings is 1. The van der Waals surface area contributed by atoms with Gasteiger partial charge in [0.2, 0.25) is 0 Å². The Balaban J connectivity index is 2.32. The van der Waals surface area contributed by atoms with Crippen LogP contribution in [0.4, 0.5) is 11.5 Å². The van der Waals surface area contributed by atoms with E-state index in [1.54, 1.807) is 24.4 Å². The van der Waals surface area contributed by atoms with Crippen molar-refractivity contribution in [3.05, 3.63) is 46.6 Å². The SMILES string of the molecule is Cc1ccc(NS(=O)(=O)c2ccc(Br)c(N)c2)nc1. The third kappa shape index (κ3) is 3.24. The first kappa shape index (κ1) is 13.8. The fourth-order valence-corrected chi connectivity index (χ4v) is 2.70. The number of aromatic nitrogens is 1. The van der Waals surface area contributed by atoms with E-state index in [1.165, 1.54) is 12.1 Å². The molecule has 0 radical (unpaired) electrons. The second kappa shape index (κ2) is 5.18. The Morgan fingerprint density at radius 1 is 1.26 bits per heavy atom. The smallest absolute Gasteiger partial charge is 0.263 e. The molecule has 0 fully saturated rings. The Morgan fingerprint density at radius 3 is 2.58 bits per heavy atom. The lowest BCUT2D eigenvalue weighted by atomic mass is 10.3. The van der Waals surface area contributed by atoms with Gasteiger partial charge in [0.15, 0.2) is 0 Å². The van der Waals surface area contributed by atoms with Gasteiger partial charge in [-0.15, -0.1) is 0 Å². The highest BCUT2D eigenvalue weighted by Gasteiger charge is 2.15. The van der Waals surface area contributed by atoms with Crippen molar-refractivity contribution in [2.75, 3.05) is 10.5 Å². The van der Waals surface area contributed by atoms with E-state index in [1.807, 2.05) is 6.92 Å². The first-order chi connectivity index (χ1) is 8.88. The standard InChI is InChI=1S/C12H12BrN3O2S/c1-8-2-5-12(15-7-8)16-19(17,18)9-3-4-10(13)11(14)6-9/h2-7H,14H2,1H3,(H,15,16). The molecular weight excluding hydrogens is 330 g/mol. The number of hydrogen-bond acceptors (Lipinski definition) is 4. The summed E-state index contributed by atoms with van der Waals surface area (Å²) in [5.41, 5.74) is 6.99. The Hall–Kier alpha value is -1.60. The highest BCUT2D eigenvalue weighted by Crippen LogP contribution is 2.23. The first-order valence-corrected chi connectivity index (χ1v) is 7.66. The summed E-state index contributed by atoms with van der Waals surface area (Å²) in [5, 5.41) is 0. The van der Waals surface area contributed by atoms with Gasteiger partial charge in [-0.1, -0.05) is 6.07 Å². The predicted molar refractivity (Wildman–Crippen MR) is 78.3 cm³/mol. The van der Waals surface area contributed by atoms with E-state index in [0.29, 0.717) is 10.2 Å². The lowest BCUT2D eigenvalue weighted by molar-refractivity contribution is 0.601. The number of nitrogens with one attached hydrogen (secondary N) is 1. The van der Waals surface area contributed by atoms with Gasteiger partial charge in [0.1, 0.15) is 5.82 Å². The number of nitrogens with two attached hydrogens (primary N) is 1. The topological polar surface area (TPSA) is 85.1 Å². The van der Waals surface area contributed by atoms with Gasteiger partial charge >= 0.3 is 0 Å². The van der Waals surface area contributed by atoms with Crippen LogP contribution in [-0.4, -0.2) is 13.4 Å². The van der Waals surface area contributed by atoms with Crippen LogP contribution in [0, 0.1) is 6.92 Å². The van der Waals surface area contributed by atoms with Crippen LogP contribution in [0.5, 0.6) is 0 Å². The molecule has 0 saturated carbocycles. The van der Waals surface area contributed by atoms with Gasteiger partial charge in [-0.3, -0.25) is 4.72 Å². The van der Waals surface area contributed by atoms with Crippen molar-refractivity contribution in [3.63, 3.8) is 0 Å². The first-order valence-electron chi connectivity index (χ1n) is 5.39. The molecule has 1 heterocycles. The molecule has 0 aliphatic carbocycles. The number of hydrogen-bond donors (Lipinski definition) is 2. The predicted octanol–water partition coefficient (Wildman–Crippen LogP) is 2.54. The molecule has 0 spiro atoms. The van der Waals surface area contributed by atoms with E-state index in [4.69, 9.17) is 5.73 Å². The second-order valence-corrected chi connectivity index (χ2v) is 6.55. The fraction of sp³-hybridized carbons (Fsp3) is 0.0833. The van der Waals surface area contributed by atoms with Crippen molar-refractivity contribution in [3.8, 4) is 0 Å². The fourth-order valence-electron chi connectivity index (χ4n) is 1.41. The van der Waals surface area contributed by atoms with E-state index in [9.17, 15) is 8.42 Å². The highest BCUT2D eigenvalue weighted by molar-refractivity contribution is 9.10. The maximum absolute atomic E-state index is 12.1. The molecule has 0 aliphatic heterocycles. The summed E-state index contributed by atoms with van der Waals surface area (Å²) >= 11 is 3.22. The minimum atomic E-state index is -3.68. The molecule has 7 heteroatoms. The average molecular weight is 342 g/mol. The van der Waals surface area contributed by atoms with E-state index >= 15 is 0 Å². The van der Waals surface area contributed by atoms with Crippen LogP contribution in [0.2, 0.25) is 0 Å². The van der Waals surface area contributed by atoms with E-state index in [2.05, 4.69) is 25.6 Å². The van der Waals surface area contributed by atoms with Gasteiger partial charge in [0, 0.05) is 16.4 Å². The molecule has 0 aliphatic rings. The zero-order valence-electron chi connectivity index (χ0n) is 10.1. The monoisotopic (exact) mass is 341 g/mol. The molecule has 100 valence electrons. The molecule has 0 atom stereocenters. The summed E-state index contributed by atoms with van der Waals surface area (Å²) in [6, 6.07) is 7.83. The van der Waals surface area contributed by atoms with E-state index in [-0.39, 0.29) is 10.7 Å². The number of nitrogen functional groups attached to an aromatic ring is 1. The number of halogens is 1. The summed E-state index contributed by atoms with van der Waals surface area (Å²) in [7, 11) is -3.68. The van der Waals surface area contributed by atoms with Crippen LogP contribution in [-0.2, 0) is 10.0 Å². The summed E-state index contributed by atoms with van der Waals surface area (Å²) in [5.74, 6) is 0.270. The minimum Gasteiger partial charge on any atom is -0.398 e. The number of rotatable bonds is 3. The number of anilines is 2. The van der Waals surface area contributed by atoms with Crippen molar-refractivity contribution < 1.29 is 8.42 Å². The van der Waals surface area contributed by atoms with E-state index in [0.717, 1.165) is 5.56 Å². The zero-order valence-corrected chi connectivity index (χ0v) is 12.5. The Kier molecular flexibility index (Phi) is 3.77. The molecule has 2 rings (SSSR count). The third-order valence-electron chi connectivity index (χ3n) is 2.43. The summed E-state index contributed by atoms with van der Waals surface area (Å²) in [4.78, 5) is 4.09. The lowest BCUT2D eigenvalue weighted by Gasteiger charge is -2.08. The molecule has 0 saturated heterocycles. The Morgan fingerprint density at radius 2 is 2.00 bits per heavy atom. The minimum absolute atomic E-state index is 0.0931. The van der Waals surface area contributed by atoms with Crippen molar-refractivity contribution in [2.45, 2.75) is 11.8 Å². The maximum Gasteiger partial charge on any atom is 0.263 e. The van der Waals surface area contributed by atoms with Gasteiger partial charge < -0.3 is 5.73 Å². The van der Waals surface area contributed by atoms with Gasteiger partial charge in [-0.2, -0.15) is 0 Å². The molecule has 0 amide bonds. The van der Waals surface area contributed by atoms with Crippen LogP contribution in [0.3, 0.4) is 0 Å². The van der Waals surface area contributed by atoms with Crippen LogP contribution < -0.4 is 10.5 Å². The van der Waals surface area contributed by atoms with Crippen LogP contribution >= 0.6 is 15.9 Å². The zero-order chi connectivity index (χ0) is 14.0. The van der Waals surface area contributed by atoms with Gasteiger partial charge in [-0.25, -0.2) is 13.4 Å². The van der Waals surface area contributed by atoms with Crippen LogP contribution in [0.15, 0.2) is 45.9 Å². The molecule has 1 aromatic heterocycles. The van der Waals surface area contributed by atoms with Crippen molar-refractivity contribution in [1.29, 1.82) is 0 Å². The van der Waals surface area contributed by atoms with Crippen LogP contribution in [0.1, 0.15) is 5.56 Å². The molecule has 1 aromatic carbocycles. The lowest BCUT2D eigenvalue weighted by Crippen LogP contribution is -2.14. The molecular formula is C12H12BrN3O2S. The Labute approximate surface area is 120 Å². The normalized spacial score (nSPS) is 11.3. The number of aryl methyl sites for hydroxylation is 1. The largest absolute Gasteiger partial charge is 0.398 e. The summed E-state index contributed by atoms with van der Waals surface area (Å²) in [6.45, 7) is 1.88. The van der Waals surface area contributed by atoms with Crippen molar-refractivity contribution in [1.82, 2.24) is 4.98 Å². The molecule has 2 aromatic rings. The molecule has 3 N–H and O–H groups in total. The molecule has 5 nitrogen and oxygen atoms in total. The third-order valence-corrected chi connectivity index (χ3v) is 4.50. The van der Waals surface area contributed by atoms with Gasteiger partial charge in [0.05, 0.1) is 4.90 Å². The highest BCUT2D eigenvalue weighted by atomic mass is 79.9. The quantitative estimate of drug-likeness (QED) is 0.840. The van der Waals surface area contributed by atoms with Gasteiger partial charge in [0.25, 0.3) is 10.0 Å². The second-order valence-electron chi connectivity index (χ2n) is 4.01. The Bertz CT molecular complexity index is 699. The molecule has 19 heavy (non-hydrogen) atoms. The number of benzene rings is 1. The summed E-state index contributed by atoms with van der Waals surface area (Å²) in [6.07, 6.45) is 1.59. The molecule has 0 unspecified atom stereocenters. The molecule has 0 bridgehead atoms. The number of sulfonamides is 1.